The van der Waals surface area contributed by atoms with Crippen LogP contribution in [0.2, 0.25) is 0 Å². The molecule has 1 aliphatic rings. The summed E-state index contributed by atoms with van der Waals surface area (Å²) in [6.07, 6.45) is -10.3. The Bertz CT molecular complexity index is 488. The molecule has 0 aliphatic carbocycles. The van der Waals surface area contributed by atoms with Crippen molar-refractivity contribution in [2.45, 2.75) is 42.7 Å². The number of hydrogen-bond acceptors (Lipinski definition) is 11. The Morgan fingerprint density at radius 3 is 2.17 bits per heavy atom. The number of likely N-dealkylation sites (tertiary alicyclic amines) is 1. The molecule has 1 rings (SSSR count). The van der Waals surface area contributed by atoms with Crippen LogP contribution in [0.3, 0.4) is 0 Å². The first-order valence-electron chi connectivity index (χ1n) is 7.03. The van der Waals surface area contributed by atoms with Gasteiger partial charge in [-0.15, -0.1) is 0 Å². The van der Waals surface area contributed by atoms with E-state index in [1.54, 1.807) is 0 Å². The van der Waals surface area contributed by atoms with E-state index in [1.807, 2.05) is 0 Å². The van der Waals surface area contributed by atoms with Crippen LogP contribution in [-0.4, -0.2) is 123 Å². The molecule has 0 radical (unpaired) electrons. The number of β-amino-alcohol motifs (C(OH)–C–C–N with tert-alkyl or cyclic N) is 2. The molecule has 13 heteroatoms. The van der Waals surface area contributed by atoms with Crippen molar-refractivity contribution in [2.75, 3.05) is 26.3 Å². The summed E-state index contributed by atoms with van der Waals surface area (Å²) in [6, 6.07) is -0.957. The fourth-order valence-electron chi connectivity index (χ4n) is 2.55. The molecule has 1 aliphatic heterocycles. The Hall–Kier alpha value is -0.450. The number of hydrogen-bond donors (Lipinski definition) is 8. The first-order valence-corrected chi connectivity index (χ1v) is 8.40. The molecule has 7 atom stereocenters. The molecule has 12 nitrogen and oxygen atoms in total. The van der Waals surface area contributed by atoms with E-state index in [0.717, 1.165) is 0 Å². The van der Waals surface area contributed by atoms with Crippen molar-refractivity contribution >= 4 is 10.4 Å². The third-order valence-corrected chi connectivity index (χ3v) is 4.28. The van der Waals surface area contributed by atoms with Gasteiger partial charge in [0.1, 0.15) is 18.3 Å². The molecule has 0 amide bonds. The Labute approximate surface area is 138 Å². The van der Waals surface area contributed by atoms with Crippen molar-refractivity contribution in [2.24, 2.45) is 0 Å². The van der Waals surface area contributed by atoms with Crippen LogP contribution < -0.4 is 0 Å². The van der Waals surface area contributed by atoms with Gasteiger partial charge < -0.3 is 35.7 Å². The summed E-state index contributed by atoms with van der Waals surface area (Å²) in [7, 11) is -5.11. The van der Waals surface area contributed by atoms with E-state index >= 15 is 0 Å². The summed E-state index contributed by atoms with van der Waals surface area (Å²) in [5.41, 5.74) is 0. The highest BCUT2D eigenvalue weighted by molar-refractivity contribution is 7.80. The normalized spacial score (nSPS) is 30.9. The lowest BCUT2D eigenvalue weighted by Gasteiger charge is -2.32. The molecule has 1 fully saturated rings. The molecule has 0 saturated carbocycles. The van der Waals surface area contributed by atoms with Crippen LogP contribution in [0.1, 0.15) is 0 Å². The van der Waals surface area contributed by atoms with E-state index in [0.29, 0.717) is 0 Å². The lowest BCUT2D eigenvalue weighted by Crippen LogP contribution is -2.53. The molecule has 0 bridgehead atoms. The van der Waals surface area contributed by atoms with Crippen molar-refractivity contribution < 1.29 is 52.9 Å². The molecule has 1 heterocycles. The van der Waals surface area contributed by atoms with Gasteiger partial charge in [-0.25, -0.2) is 4.18 Å². The first-order chi connectivity index (χ1) is 11.0. The molecule has 0 aromatic carbocycles. The molecule has 0 aromatic heterocycles. The fraction of sp³-hybridized carbons (Fsp3) is 1.00. The number of aliphatic hydroxyl groups excluding tert-OH is 7. The maximum atomic E-state index is 10.9. The minimum atomic E-state index is -5.11. The third-order valence-electron chi connectivity index (χ3n) is 3.82. The molecular weight excluding hydrogens is 354 g/mol. The Balaban J connectivity index is 2.89. The SMILES string of the molecule is O=S(=O)(O)O[C@@H]([C@H](O)[C@@H](O)CO)[C@H](O)CN1C[C@@H](O)[C@H](O)[C@H]1CO. The van der Waals surface area contributed by atoms with Gasteiger partial charge >= 0.3 is 10.4 Å². The summed E-state index contributed by atoms with van der Waals surface area (Å²) < 4.78 is 34.6. The maximum Gasteiger partial charge on any atom is 0.397 e. The van der Waals surface area contributed by atoms with Gasteiger partial charge in [-0.1, -0.05) is 0 Å². The van der Waals surface area contributed by atoms with Crippen molar-refractivity contribution in [1.82, 2.24) is 4.90 Å². The third kappa shape index (κ3) is 5.53. The maximum absolute atomic E-state index is 10.9. The zero-order chi connectivity index (χ0) is 18.7. The van der Waals surface area contributed by atoms with Gasteiger partial charge in [0.2, 0.25) is 0 Å². The zero-order valence-electron chi connectivity index (χ0n) is 12.5. The van der Waals surface area contributed by atoms with Gasteiger partial charge in [-0.05, 0) is 0 Å². The molecule has 0 aromatic rings. The highest BCUT2D eigenvalue weighted by atomic mass is 32.3. The molecule has 8 N–H and O–H groups in total. The average molecular weight is 377 g/mol. The summed E-state index contributed by atoms with van der Waals surface area (Å²) in [5, 5.41) is 66.5. The van der Waals surface area contributed by atoms with E-state index in [-0.39, 0.29) is 6.54 Å². The quantitative estimate of drug-likeness (QED) is 0.177. The van der Waals surface area contributed by atoms with E-state index < -0.39 is 72.8 Å². The number of nitrogens with zero attached hydrogens (tertiary/aromatic N) is 1. The highest BCUT2D eigenvalue weighted by Gasteiger charge is 2.43. The van der Waals surface area contributed by atoms with Crippen LogP contribution in [0.4, 0.5) is 0 Å². The lowest BCUT2D eigenvalue weighted by molar-refractivity contribution is -0.111. The number of rotatable bonds is 9. The zero-order valence-corrected chi connectivity index (χ0v) is 13.3. The minimum Gasteiger partial charge on any atom is -0.395 e. The summed E-state index contributed by atoms with van der Waals surface area (Å²) in [6.45, 7) is -2.19. The predicted octanol–water partition coefficient (Wildman–Crippen LogP) is -5.35. The largest absolute Gasteiger partial charge is 0.397 e. The second-order valence-electron chi connectivity index (χ2n) is 5.56. The topological polar surface area (TPSA) is 208 Å². The van der Waals surface area contributed by atoms with Gasteiger partial charge in [-0.2, -0.15) is 8.42 Å². The molecule has 1 saturated heterocycles. The fourth-order valence-corrected chi connectivity index (χ4v) is 3.07. The molecular formula is C11H23NO11S. The van der Waals surface area contributed by atoms with E-state index in [9.17, 15) is 39.1 Å². The van der Waals surface area contributed by atoms with Gasteiger partial charge in [-0.3, -0.25) is 9.45 Å². The highest BCUT2D eigenvalue weighted by Crippen LogP contribution is 2.21. The van der Waals surface area contributed by atoms with Crippen molar-refractivity contribution in [3.05, 3.63) is 0 Å². The van der Waals surface area contributed by atoms with Gasteiger partial charge in [0.25, 0.3) is 0 Å². The van der Waals surface area contributed by atoms with Gasteiger partial charge in [0.15, 0.2) is 0 Å². The van der Waals surface area contributed by atoms with Crippen LogP contribution in [0.25, 0.3) is 0 Å². The Morgan fingerprint density at radius 2 is 1.71 bits per heavy atom. The summed E-state index contributed by atoms with van der Waals surface area (Å²) >= 11 is 0. The van der Waals surface area contributed by atoms with Crippen LogP contribution >= 0.6 is 0 Å². The lowest BCUT2D eigenvalue weighted by atomic mass is 10.0. The Morgan fingerprint density at radius 1 is 1.12 bits per heavy atom. The van der Waals surface area contributed by atoms with Gasteiger partial charge in [0.05, 0.1) is 37.6 Å². The monoisotopic (exact) mass is 377 g/mol. The van der Waals surface area contributed by atoms with Crippen LogP contribution in [0.5, 0.6) is 0 Å². The first kappa shape index (κ1) is 21.6. The average Bonchev–Trinajstić information content (AvgIpc) is 2.76. The predicted molar refractivity (Wildman–Crippen MR) is 76.0 cm³/mol. The molecule has 144 valence electrons. The van der Waals surface area contributed by atoms with Crippen LogP contribution in [-0.2, 0) is 14.6 Å². The molecule has 0 spiro atoms. The van der Waals surface area contributed by atoms with E-state index in [1.165, 1.54) is 4.90 Å². The van der Waals surface area contributed by atoms with Crippen molar-refractivity contribution in [1.29, 1.82) is 0 Å². The molecule has 0 unspecified atom stereocenters. The van der Waals surface area contributed by atoms with Crippen molar-refractivity contribution in [3.8, 4) is 0 Å². The van der Waals surface area contributed by atoms with E-state index in [2.05, 4.69) is 4.18 Å². The van der Waals surface area contributed by atoms with Crippen LogP contribution in [0.15, 0.2) is 0 Å². The van der Waals surface area contributed by atoms with Crippen LogP contribution in [0, 0.1) is 0 Å². The summed E-state index contributed by atoms with van der Waals surface area (Å²) in [5.74, 6) is 0. The second-order valence-corrected chi connectivity index (χ2v) is 6.61. The smallest absolute Gasteiger partial charge is 0.395 e. The molecule has 24 heavy (non-hydrogen) atoms. The second kappa shape index (κ2) is 8.77. The minimum absolute atomic E-state index is 0.166. The van der Waals surface area contributed by atoms with Gasteiger partial charge in [0, 0.05) is 13.1 Å². The summed E-state index contributed by atoms with van der Waals surface area (Å²) in [4.78, 5) is 1.22. The Kier molecular flexibility index (Phi) is 7.89. The van der Waals surface area contributed by atoms with Crippen molar-refractivity contribution in [3.63, 3.8) is 0 Å². The standard InChI is InChI=1S/C11H23NO11S/c13-3-5-9(18)6(15)1-12(5)2-7(16)11(23-24(20,21)22)10(19)8(17)4-14/h5-11,13-19H,1-4H2,(H,20,21,22)/t5-,6-,7-,8+,9-,10-,11-/m1/s1. The number of aliphatic hydroxyl groups is 7. The van der Waals surface area contributed by atoms with E-state index in [4.69, 9.17) is 9.66 Å².